The molecule has 0 aromatic carbocycles. The third kappa shape index (κ3) is 4.66. The van der Waals surface area contributed by atoms with E-state index in [9.17, 15) is 0 Å². The van der Waals surface area contributed by atoms with Crippen molar-refractivity contribution in [3.63, 3.8) is 0 Å². The first-order chi connectivity index (χ1) is 10.1. The lowest BCUT2D eigenvalue weighted by atomic mass is 10.1. The molecule has 5 nitrogen and oxygen atoms in total. The van der Waals surface area contributed by atoms with E-state index in [1.165, 1.54) is 5.69 Å². The Kier molecular flexibility index (Phi) is 5.96. The minimum atomic E-state index is 0.0573. The van der Waals surface area contributed by atoms with Gasteiger partial charge in [-0.05, 0) is 32.6 Å². The normalized spacial score (nSPS) is 18.2. The summed E-state index contributed by atoms with van der Waals surface area (Å²) in [5.41, 5.74) is 8.22. The summed E-state index contributed by atoms with van der Waals surface area (Å²) in [6.07, 6.45) is 2.90. The summed E-state index contributed by atoms with van der Waals surface area (Å²) >= 11 is 0. The summed E-state index contributed by atoms with van der Waals surface area (Å²) in [5, 5.41) is 0. The first-order valence-electron chi connectivity index (χ1n) is 7.93. The maximum Gasteiger partial charge on any atom is 0.0572 e. The molecule has 0 unspecified atom stereocenters. The van der Waals surface area contributed by atoms with Gasteiger partial charge in [-0.2, -0.15) is 0 Å². The fourth-order valence-corrected chi connectivity index (χ4v) is 2.58. The SMILES string of the molecule is CC[C@@H](N)c1ccc(N2CCN(CCN(C)C)CC2)cn1. The largest absolute Gasteiger partial charge is 0.368 e. The van der Waals surface area contributed by atoms with Gasteiger partial charge in [0.15, 0.2) is 0 Å². The van der Waals surface area contributed by atoms with Gasteiger partial charge in [-0.25, -0.2) is 0 Å². The molecule has 2 heterocycles. The second-order valence-corrected chi connectivity index (χ2v) is 6.09. The van der Waals surface area contributed by atoms with Crippen LogP contribution >= 0.6 is 0 Å². The van der Waals surface area contributed by atoms with Crippen LogP contribution in [0.5, 0.6) is 0 Å². The minimum Gasteiger partial charge on any atom is -0.368 e. The number of piperazine rings is 1. The van der Waals surface area contributed by atoms with Crippen LogP contribution in [0.25, 0.3) is 0 Å². The van der Waals surface area contributed by atoms with Gasteiger partial charge in [0, 0.05) is 45.3 Å². The number of pyridine rings is 1. The van der Waals surface area contributed by atoms with Gasteiger partial charge in [-0.3, -0.25) is 9.88 Å². The quantitative estimate of drug-likeness (QED) is 0.853. The first-order valence-corrected chi connectivity index (χ1v) is 7.93. The molecule has 1 aliphatic heterocycles. The summed E-state index contributed by atoms with van der Waals surface area (Å²) in [4.78, 5) is 11.7. The molecule has 1 fully saturated rings. The summed E-state index contributed by atoms with van der Waals surface area (Å²) < 4.78 is 0. The average Bonchev–Trinajstić information content (AvgIpc) is 2.53. The molecule has 1 aromatic rings. The van der Waals surface area contributed by atoms with E-state index in [4.69, 9.17) is 5.73 Å². The molecule has 1 aliphatic rings. The second-order valence-electron chi connectivity index (χ2n) is 6.09. The molecular formula is C16H29N5. The zero-order chi connectivity index (χ0) is 15.2. The van der Waals surface area contributed by atoms with Gasteiger partial charge >= 0.3 is 0 Å². The molecule has 1 atom stereocenters. The highest BCUT2D eigenvalue weighted by atomic mass is 15.3. The lowest BCUT2D eigenvalue weighted by molar-refractivity contribution is 0.229. The van der Waals surface area contributed by atoms with Crippen molar-refractivity contribution < 1.29 is 0 Å². The van der Waals surface area contributed by atoms with Crippen LogP contribution in [0.2, 0.25) is 0 Å². The molecule has 0 radical (unpaired) electrons. The molecule has 2 rings (SSSR count). The number of aromatic nitrogens is 1. The van der Waals surface area contributed by atoms with Crippen LogP contribution in [0.15, 0.2) is 18.3 Å². The maximum atomic E-state index is 6.01. The fourth-order valence-electron chi connectivity index (χ4n) is 2.58. The zero-order valence-electron chi connectivity index (χ0n) is 13.6. The number of likely N-dealkylation sites (N-methyl/N-ethyl adjacent to an activating group) is 1. The molecule has 0 bridgehead atoms. The van der Waals surface area contributed by atoms with Crippen molar-refractivity contribution in [2.24, 2.45) is 5.73 Å². The van der Waals surface area contributed by atoms with Crippen molar-refractivity contribution in [3.05, 3.63) is 24.0 Å². The lowest BCUT2D eigenvalue weighted by Crippen LogP contribution is -2.48. The minimum absolute atomic E-state index is 0.0573. The van der Waals surface area contributed by atoms with Crippen LogP contribution in [0.3, 0.4) is 0 Å². The molecular weight excluding hydrogens is 262 g/mol. The summed E-state index contributed by atoms with van der Waals surface area (Å²) in [6, 6.07) is 4.29. The van der Waals surface area contributed by atoms with Crippen molar-refractivity contribution in [2.45, 2.75) is 19.4 Å². The van der Waals surface area contributed by atoms with Gasteiger partial charge in [0.05, 0.1) is 17.6 Å². The molecule has 2 N–H and O–H groups in total. The molecule has 1 saturated heterocycles. The Balaban J connectivity index is 1.84. The van der Waals surface area contributed by atoms with E-state index in [0.717, 1.165) is 51.4 Å². The highest BCUT2D eigenvalue weighted by molar-refractivity contribution is 5.45. The average molecular weight is 291 g/mol. The van der Waals surface area contributed by atoms with Gasteiger partial charge in [0.2, 0.25) is 0 Å². The Hall–Kier alpha value is -1.17. The van der Waals surface area contributed by atoms with E-state index >= 15 is 0 Å². The monoisotopic (exact) mass is 291 g/mol. The molecule has 0 aliphatic carbocycles. The van der Waals surface area contributed by atoms with Crippen molar-refractivity contribution in [3.8, 4) is 0 Å². The van der Waals surface area contributed by atoms with Crippen LogP contribution in [0.4, 0.5) is 5.69 Å². The Bertz CT molecular complexity index is 409. The lowest BCUT2D eigenvalue weighted by Gasteiger charge is -2.36. The standard InChI is InChI=1S/C16H29N5/c1-4-15(17)16-6-5-14(13-18-16)21-11-9-20(10-12-21)8-7-19(2)3/h5-6,13,15H,4,7-12,17H2,1-3H3/t15-/m1/s1. The Morgan fingerprint density at radius 3 is 2.48 bits per heavy atom. The predicted molar refractivity (Wildman–Crippen MR) is 88.7 cm³/mol. The van der Waals surface area contributed by atoms with E-state index < -0.39 is 0 Å². The van der Waals surface area contributed by atoms with Crippen molar-refractivity contribution in [1.82, 2.24) is 14.8 Å². The molecule has 0 amide bonds. The number of rotatable bonds is 6. The van der Waals surface area contributed by atoms with Gasteiger partial charge in [0.25, 0.3) is 0 Å². The van der Waals surface area contributed by atoms with E-state index in [1.807, 2.05) is 6.20 Å². The predicted octanol–water partition coefficient (Wildman–Crippen LogP) is 1.18. The smallest absolute Gasteiger partial charge is 0.0572 e. The van der Waals surface area contributed by atoms with Gasteiger partial charge < -0.3 is 15.5 Å². The number of anilines is 1. The Labute approximate surface area is 128 Å². The van der Waals surface area contributed by atoms with Crippen LogP contribution in [0, 0.1) is 0 Å². The Morgan fingerprint density at radius 1 is 1.24 bits per heavy atom. The number of hydrogen-bond acceptors (Lipinski definition) is 5. The van der Waals surface area contributed by atoms with E-state index in [2.05, 4.69) is 52.8 Å². The van der Waals surface area contributed by atoms with E-state index in [-0.39, 0.29) is 6.04 Å². The third-order valence-electron chi connectivity index (χ3n) is 4.19. The maximum absolute atomic E-state index is 6.01. The Morgan fingerprint density at radius 2 is 1.95 bits per heavy atom. The van der Waals surface area contributed by atoms with E-state index in [1.54, 1.807) is 0 Å². The van der Waals surface area contributed by atoms with Gasteiger partial charge in [0.1, 0.15) is 0 Å². The van der Waals surface area contributed by atoms with Crippen molar-refractivity contribution in [2.75, 3.05) is 58.3 Å². The topological polar surface area (TPSA) is 48.6 Å². The second kappa shape index (κ2) is 7.73. The first kappa shape index (κ1) is 16.2. The molecule has 0 saturated carbocycles. The zero-order valence-corrected chi connectivity index (χ0v) is 13.6. The highest BCUT2D eigenvalue weighted by Gasteiger charge is 2.17. The number of nitrogens with two attached hydrogens (primary N) is 1. The third-order valence-corrected chi connectivity index (χ3v) is 4.19. The molecule has 118 valence electrons. The highest BCUT2D eigenvalue weighted by Crippen LogP contribution is 2.18. The molecule has 5 heteroatoms. The molecule has 21 heavy (non-hydrogen) atoms. The summed E-state index contributed by atoms with van der Waals surface area (Å²) in [5.74, 6) is 0. The van der Waals surface area contributed by atoms with Gasteiger partial charge in [-0.15, -0.1) is 0 Å². The van der Waals surface area contributed by atoms with Crippen LogP contribution in [-0.4, -0.2) is 68.1 Å². The van der Waals surface area contributed by atoms with Crippen LogP contribution in [0.1, 0.15) is 25.1 Å². The number of nitrogens with zero attached hydrogens (tertiary/aromatic N) is 4. The van der Waals surface area contributed by atoms with Gasteiger partial charge in [-0.1, -0.05) is 6.92 Å². The van der Waals surface area contributed by atoms with Crippen molar-refractivity contribution in [1.29, 1.82) is 0 Å². The number of hydrogen-bond donors (Lipinski definition) is 1. The fraction of sp³-hybridized carbons (Fsp3) is 0.688. The summed E-state index contributed by atoms with van der Waals surface area (Å²) in [6.45, 7) is 8.79. The van der Waals surface area contributed by atoms with E-state index in [0.29, 0.717) is 0 Å². The van der Waals surface area contributed by atoms with Crippen molar-refractivity contribution >= 4 is 5.69 Å². The molecule has 1 aromatic heterocycles. The summed E-state index contributed by atoms with van der Waals surface area (Å²) in [7, 11) is 4.26. The molecule has 0 spiro atoms. The van der Waals surface area contributed by atoms with Crippen LogP contribution in [-0.2, 0) is 0 Å². The van der Waals surface area contributed by atoms with Crippen LogP contribution < -0.4 is 10.6 Å².